The van der Waals surface area contributed by atoms with Crippen molar-refractivity contribution in [1.29, 1.82) is 0 Å². The molecule has 0 heterocycles. The SMILES string of the molecule is COc1cc(C(=O)CCNC(C)C(O)c2ccccc2)ccc1O. The zero-order valence-electron chi connectivity index (χ0n) is 13.9. The average Bonchev–Trinajstić information content (AvgIpc) is 2.62. The number of carbonyl (C=O) groups is 1. The predicted octanol–water partition coefficient (Wildman–Crippen LogP) is 2.69. The van der Waals surface area contributed by atoms with Gasteiger partial charge < -0.3 is 20.3 Å². The highest BCUT2D eigenvalue weighted by Gasteiger charge is 2.16. The van der Waals surface area contributed by atoms with Gasteiger partial charge in [0.1, 0.15) is 0 Å². The molecule has 2 unspecified atom stereocenters. The minimum Gasteiger partial charge on any atom is -0.504 e. The molecule has 0 aliphatic heterocycles. The lowest BCUT2D eigenvalue weighted by Gasteiger charge is -2.20. The third-order valence-electron chi connectivity index (χ3n) is 3.93. The molecular formula is C19H23NO4. The first-order chi connectivity index (χ1) is 11.5. The molecule has 0 aliphatic carbocycles. The van der Waals surface area contributed by atoms with Gasteiger partial charge in [0.15, 0.2) is 17.3 Å². The number of aliphatic hydroxyl groups excluding tert-OH is 1. The third kappa shape index (κ3) is 4.57. The third-order valence-corrected chi connectivity index (χ3v) is 3.93. The molecule has 2 aromatic rings. The highest BCUT2D eigenvalue weighted by molar-refractivity contribution is 5.96. The van der Waals surface area contributed by atoms with Crippen molar-refractivity contribution in [2.24, 2.45) is 0 Å². The second-order valence-electron chi connectivity index (χ2n) is 5.66. The Morgan fingerprint density at radius 1 is 1.21 bits per heavy atom. The Morgan fingerprint density at radius 3 is 2.58 bits per heavy atom. The van der Waals surface area contributed by atoms with Gasteiger partial charge in [-0.25, -0.2) is 0 Å². The maximum Gasteiger partial charge on any atom is 0.164 e. The summed E-state index contributed by atoms with van der Waals surface area (Å²) in [7, 11) is 1.44. The number of methoxy groups -OCH3 is 1. The zero-order chi connectivity index (χ0) is 17.5. The summed E-state index contributed by atoms with van der Waals surface area (Å²) in [5, 5.41) is 23.0. The summed E-state index contributed by atoms with van der Waals surface area (Å²) in [5.74, 6) is 0.232. The number of rotatable bonds is 8. The number of phenols is 1. The van der Waals surface area contributed by atoms with Gasteiger partial charge in [0.2, 0.25) is 0 Å². The minimum atomic E-state index is -0.630. The zero-order valence-corrected chi connectivity index (χ0v) is 13.9. The molecule has 5 heteroatoms. The molecule has 128 valence electrons. The average molecular weight is 329 g/mol. The fraction of sp³-hybridized carbons (Fsp3) is 0.316. The molecular weight excluding hydrogens is 306 g/mol. The van der Waals surface area contributed by atoms with E-state index >= 15 is 0 Å². The van der Waals surface area contributed by atoms with Crippen molar-refractivity contribution in [2.45, 2.75) is 25.5 Å². The maximum absolute atomic E-state index is 12.2. The normalized spacial score (nSPS) is 13.3. The Bertz CT molecular complexity index is 672. The van der Waals surface area contributed by atoms with E-state index < -0.39 is 6.10 Å². The van der Waals surface area contributed by atoms with Crippen molar-refractivity contribution in [3.63, 3.8) is 0 Å². The quantitative estimate of drug-likeness (QED) is 0.649. The molecule has 2 aromatic carbocycles. The first-order valence-electron chi connectivity index (χ1n) is 7.89. The summed E-state index contributed by atoms with van der Waals surface area (Å²) in [4.78, 5) is 12.2. The van der Waals surface area contributed by atoms with Crippen molar-refractivity contribution in [3.05, 3.63) is 59.7 Å². The van der Waals surface area contributed by atoms with Gasteiger partial charge in [-0.05, 0) is 30.7 Å². The Hall–Kier alpha value is -2.37. The van der Waals surface area contributed by atoms with Gasteiger partial charge in [-0.2, -0.15) is 0 Å². The van der Waals surface area contributed by atoms with Crippen molar-refractivity contribution in [3.8, 4) is 11.5 Å². The highest BCUT2D eigenvalue weighted by Crippen LogP contribution is 2.26. The lowest BCUT2D eigenvalue weighted by molar-refractivity contribution is 0.0972. The van der Waals surface area contributed by atoms with E-state index in [1.54, 1.807) is 6.07 Å². The van der Waals surface area contributed by atoms with Crippen molar-refractivity contribution >= 4 is 5.78 Å². The van der Waals surface area contributed by atoms with E-state index in [1.165, 1.54) is 19.2 Å². The highest BCUT2D eigenvalue weighted by atomic mass is 16.5. The number of hydrogen-bond donors (Lipinski definition) is 3. The molecule has 0 aliphatic rings. The molecule has 0 saturated carbocycles. The smallest absolute Gasteiger partial charge is 0.164 e. The standard InChI is InChI=1S/C19H23NO4/c1-13(19(23)14-6-4-3-5-7-14)20-11-10-16(21)15-8-9-17(22)18(12-15)24-2/h3-9,12-13,19-20,22-23H,10-11H2,1-2H3. The Morgan fingerprint density at radius 2 is 1.92 bits per heavy atom. The number of nitrogens with one attached hydrogen (secondary N) is 1. The first-order valence-corrected chi connectivity index (χ1v) is 7.89. The van der Waals surface area contributed by atoms with E-state index in [-0.39, 0.29) is 23.3 Å². The van der Waals surface area contributed by atoms with E-state index in [4.69, 9.17) is 4.74 Å². The van der Waals surface area contributed by atoms with Gasteiger partial charge in [-0.3, -0.25) is 4.79 Å². The summed E-state index contributed by atoms with van der Waals surface area (Å²) in [6.45, 7) is 2.33. The lowest BCUT2D eigenvalue weighted by Crippen LogP contribution is -2.33. The Balaban J connectivity index is 1.86. The number of aliphatic hydroxyl groups is 1. The Labute approximate surface area is 141 Å². The summed E-state index contributed by atoms with van der Waals surface area (Å²) < 4.78 is 5.01. The van der Waals surface area contributed by atoms with Crippen LogP contribution in [0.1, 0.15) is 35.4 Å². The van der Waals surface area contributed by atoms with Gasteiger partial charge in [-0.1, -0.05) is 30.3 Å². The van der Waals surface area contributed by atoms with Crippen molar-refractivity contribution < 1.29 is 19.7 Å². The second kappa shape index (κ2) is 8.47. The van der Waals surface area contributed by atoms with Gasteiger partial charge in [-0.15, -0.1) is 0 Å². The Kier molecular flexibility index (Phi) is 6.35. The molecule has 0 bridgehead atoms. The number of Topliss-reactive ketones (excluding diaryl/α,β-unsaturated/α-hetero) is 1. The molecule has 0 fully saturated rings. The van der Waals surface area contributed by atoms with Crippen LogP contribution in [0, 0.1) is 0 Å². The van der Waals surface area contributed by atoms with E-state index in [2.05, 4.69) is 5.32 Å². The van der Waals surface area contributed by atoms with E-state index in [0.717, 1.165) is 5.56 Å². The minimum absolute atomic E-state index is 0.00628. The topological polar surface area (TPSA) is 78.8 Å². The van der Waals surface area contributed by atoms with Crippen LogP contribution in [0.2, 0.25) is 0 Å². The van der Waals surface area contributed by atoms with Gasteiger partial charge in [0, 0.05) is 24.6 Å². The molecule has 0 radical (unpaired) electrons. The van der Waals surface area contributed by atoms with Crippen molar-refractivity contribution in [1.82, 2.24) is 5.32 Å². The van der Waals surface area contributed by atoms with Crippen LogP contribution in [0.25, 0.3) is 0 Å². The molecule has 0 saturated heterocycles. The summed E-state index contributed by atoms with van der Waals surface area (Å²) >= 11 is 0. The van der Waals surface area contributed by atoms with Crippen molar-refractivity contribution in [2.75, 3.05) is 13.7 Å². The van der Waals surface area contributed by atoms with E-state index in [1.807, 2.05) is 37.3 Å². The fourth-order valence-corrected chi connectivity index (χ4v) is 2.46. The number of benzene rings is 2. The van der Waals surface area contributed by atoms with Crippen LogP contribution in [0.4, 0.5) is 0 Å². The number of aromatic hydroxyl groups is 1. The molecule has 0 aromatic heterocycles. The maximum atomic E-state index is 12.2. The summed E-state index contributed by atoms with van der Waals surface area (Å²) in [6, 6.07) is 13.8. The van der Waals surface area contributed by atoms with E-state index in [9.17, 15) is 15.0 Å². The van der Waals surface area contributed by atoms with Crippen LogP contribution >= 0.6 is 0 Å². The van der Waals surface area contributed by atoms with Crippen LogP contribution in [0.3, 0.4) is 0 Å². The monoisotopic (exact) mass is 329 g/mol. The number of carbonyl (C=O) groups excluding carboxylic acids is 1. The molecule has 2 rings (SSSR count). The lowest BCUT2D eigenvalue weighted by atomic mass is 10.0. The molecule has 0 amide bonds. The second-order valence-corrected chi connectivity index (χ2v) is 5.66. The summed E-state index contributed by atoms with van der Waals surface area (Å²) in [5.41, 5.74) is 1.33. The molecule has 24 heavy (non-hydrogen) atoms. The summed E-state index contributed by atoms with van der Waals surface area (Å²) in [6.07, 6.45) is -0.338. The largest absolute Gasteiger partial charge is 0.504 e. The van der Waals surface area contributed by atoms with Crippen LogP contribution < -0.4 is 10.1 Å². The van der Waals surface area contributed by atoms with Crippen LogP contribution in [-0.4, -0.2) is 35.7 Å². The molecule has 3 N–H and O–H groups in total. The fourth-order valence-electron chi connectivity index (χ4n) is 2.46. The molecule has 2 atom stereocenters. The van der Waals surface area contributed by atoms with Gasteiger partial charge in [0.25, 0.3) is 0 Å². The van der Waals surface area contributed by atoms with Gasteiger partial charge in [0.05, 0.1) is 13.2 Å². The number of ether oxygens (including phenoxy) is 1. The molecule has 0 spiro atoms. The van der Waals surface area contributed by atoms with E-state index in [0.29, 0.717) is 18.5 Å². The number of hydrogen-bond acceptors (Lipinski definition) is 5. The number of phenolic OH excluding ortho intramolecular Hbond substituents is 1. The predicted molar refractivity (Wildman–Crippen MR) is 92.5 cm³/mol. The van der Waals surface area contributed by atoms with Gasteiger partial charge >= 0.3 is 0 Å². The van der Waals surface area contributed by atoms with Crippen LogP contribution in [0.5, 0.6) is 11.5 Å². The van der Waals surface area contributed by atoms with Crippen LogP contribution in [-0.2, 0) is 0 Å². The molecule has 5 nitrogen and oxygen atoms in total. The van der Waals surface area contributed by atoms with Crippen LogP contribution in [0.15, 0.2) is 48.5 Å². The first kappa shape index (κ1) is 18.0. The number of ketones is 1.